The maximum absolute atomic E-state index is 13.4. The Morgan fingerprint density at radius 1 is 0.946 bits per heavy atom. The minimum absolute atomic E-state index is 0.0801. The summed E-state index contributed by atoms with van der Waals surface area (Å²) in [6, 6.07) is 20.8. The quantitative estimate of drug-likeness (QED) is 0.263. The van der Waals surface area contributed by atoms with E-state index in [-0.39, 0.29) is 12.8 Å². The SMILES string of the molecule is COc1ccc(CC(=O)N(C(=N)N)[C@H](Cc2ccccc2)C(=O)NCCc2ccc(Cl)cc2)cc1OC. The monoisotopic (exact) mass is 522 g/mol. The number of nitrogens with one attached hydrogen (secondary N) is 2. The van der Waals surface area contributed by atoms with Gasteiger partial charge in [-0.2, -0.15) is 0 Å². The van der Waals surface area contributed by atoms with Crippen LogP contribution >= 0.6 is 11.6 Å². The Kier molecular flexibility index (Phi) is 9.92. The molecule has 0 unspecified atom stereocenters. The third-order valence-electron chi connectivity index (χ3n) is 5.84. The highest BCUT2D eigenvalue weighted by atomic mass is 35.5. The van der Waals surface area contributed by atoms with E-state index in [1.807, 2.05) is 42.5 Å². The van der Waals surface area contributed by atoms with Crippen LogP contribution in [-0.2, 0) is 28.9 Å². The minimum Gasteiger partial charge on any atom is -0.493 e. The van der Waals surface area contributed by atoms with E-state index in [9.17, 15) is 9.59 Å². The lowest BCUT2D eigenvalue weighted by molar-refractivity contribution is -0.135. The van der Waals surface area contributed by atoms with E-state index in [0.717, 1.165) is 16.0 Å². The summed E-state index contributed by atoms with van der Waals surface area (Å²) in [5.41, 5.74) is 8.35. The highest BCUT2D eigenvalue weighted by Gasteiger charge is 2.32. The molecule has 194 valence electrons. The van der Waals surface area contributed by atoms with Gasteiger partial charge in [-0.1, -0.05) is 60.1 Å². The average Bonchev–Trinajstić information content (AvgIpc) is 2.89. The molecule has 4 N–H and O–H groups in total. The molecule has 0 heterocycles. The van der Waals surface area contributed by atoms with Gasteiger partial charge in [0.1, 0.15) is 6.04 Å². The standard InChI is InChI=1S/C28H31ClN4O4/c1-36-24-13-10-21(17-25(24)37-2)18-26(34)33(28(30)31)23(16-20-6-4-3-5-7-20)27(35)32-15-14-19-8-11-22(29)12-9-19/h3-13,17,23H,14-16,18H2,1-2H3,(H3,30,31)(H,32,35)/t23-/m1/s1. The summed E-state index contributed by atoms with van der Waals surface area (Å²) in [5.74, 6) is -0.367. The van der Waals surface area contributed by atoms with Crippen LogP contribution in [0.2, 0.25) is 5.02 Å². The highest BCUT2D eigenvalue weighted by Crippen LogP contribution is 2.28. The first-order valence-electron chi connectivity index (χ1n) is 11.8. The van der Waals surface area contributed by atoms with Crippen LogP contribution in [-0.4, -0.2) is 49.5 Å². The van der Waals surface area contributed by atoms with E-state index in [4.69, 9.17) is 32.2 Å². The maximum Gasteiger partial charge on any atom is 0.243 e. The van der Waals surface area contributed by atoms with Crippen LogP contribution in [0.25, 0.3) is 0 Å². The van der Waals surface area contributed by atoms with Crippen LogP contribution in [0.15, 0.2) is 72.8 Å². The summed E-state index contributed by atoms with van der Waals surface area (Å²) in [7, 11) is 3.04. The van der Waals surface area contributed by atoms with Crippen molar-refractivity contribution in [1.29, 1.82) is 5.41 Å². The molecule has 1 atom stereocenters. The molecule has 0 spiro atoms. The minimum atomic E-state index is -1.00. The van der Waals surface area contributed by atoms with Gasteiger partial charge in [0.25, 0.3) is 0 Å². The normalized spacial score (nSPS) is 11.3. The van der Waals surface area contributed by atoms with Gasteiger partial charge < -0.3 is 20.5 Å². The van der Waals surface area contributed by atoms with E-state index >= 15 is 0 Å². The molecule has 37 heavy (non-hydrogen) atoms. The molecule has 8 nitrogen and oxygen atoms in total. The van der Waals surface area contributed by atoms with Crippen molar-refractivity contribution < 1.29 is 19.1 Å². The van der Waals surface area contributed by atoms with Gasteiger partial charge in [-0.25, -0.2) is 0 Å². The average molecular weight is 523 g/mol. The van der Waals surface area contributed by atoms with E-state index < -0.39 is 23.8 Å². The zero-order chi connectivity index (χ0) is 26.8. The Bertz CT molecular complexity index is 1220. The Morgan fingerprint density at radius 3 is 2.22 bits per heavy atom. The van der Waals surface area contributed by atoms with Crippen molar-refractivity contribution in [3.8, 4) is 11.5 Å². The second-order valence-electron chi connectivity index (χ2n) is 8.39. The van der Waals surface area contributed by atoms with E-state index in [0.29, 0.717) is 35.1 Å². The summed E-state index contributed by atoms with van der Waals surface area (Å²) in [6.07, 6.45) is 0.703. The van der Waals surface area contributed by atoms with Gasteiger partial charge in [-0.15, -0.1) is 0 Å². The highest BCUT2D eigenvalue weighted by molar-refractivity contribution is 6.30. The van der Waals surface area contributed by atoms with Crippen molar-refractivity contribution in [2.75, 3.05) is 20.8 Å². The molecule has 9 heteroatoms. The van der Waals surface area contributed by atoms with Crippen molar-refractivity contribution in [3.05, 3.63) is 94.5 Å². The number of ether oxygens (including phenoxy) is 2. The van der Waals surface area contributed by atoms with E-state index in [1.165, 1.54) is 14.2 Å². The number of amides is 2. The number of rotatable bonds is 11. The third-order valence-corrected chi connectivity index (χ3v) is 6.10. The summed E-state index contributed by atoms with van der Waals surface area (Å²) in [4.78, 5) is 27.8. The molecule has 0 radical (unpaired) electrons. The molecule has 0 aliphatic carbocycles. The number of guanidine groups is 1. The summed E-state index contributed by atoms with van der Waals surface area (Å²) < 4.78 is 10.6. The molecule has 3 aromatic rings. The van der Waals surface area contributed by atoms with Crippen LogP contribution in [0.5, 0.6) is 11.5 Å². The predicted octanol–water partition coefficient (Wildman–Crippen LogP) is 3.59. The van der Waals surface area contributed by atoms with Crippen molar-refractivity contribution in [2.24, 2.45) is 5.73 Å². The number of carbonyl (C=O) groups is 2. The van der Waals surface area contributed by atoms with Crippen molar-refractivity contribution in [3.63, 3.8) is 0 Å². The second-order valence-corrected chi connectivity index (χ2v) is 8.82. The first-order valence-corrected chi connectivity index (χ1v) is 12.1. The van der Waals surface area contributed by atoms with Gasteiger partial charge in [0.2, 0.25) is 11.8 Å². The molecular formula is C28H31ClN4O4. The molecule has 0 saturated heterocycles. The molecule has 0 saturated carbocycles. The molecule has 0 aliphatic rings. The number of methoxy groups -OCH3 is 2. The molecular weight excluding hydrogens is 492 g/mol. The predicted molar refractivity (Wildman–Crippen MR) is 144 cm³/mol. The molecule has 0 fully saturated rings. The Labute approximate surface area is 221 Å². The number of carbonyl (C=O) groups excluding carboxylic acids is 2. The second kappa shape index (κ2) is 13.3. The molecule has 2 amide bonds. The zero-order valence-electron chi connectivity index (χ0n) is 20.9. The molecule has 0 aliphatic heterocycles. The number of nitrogens with zero attached hydrogens (tertiary/aromatic N) is 1. The lowest BCUT2D eigenvalue weighted by Crippen LogP contribution is -2.56. The Balaban J connectivity index is 1.80. The summed E-state index contributed by atoms with van der Waals surface area (Å²) in [5, 5.41) is 11.7. The van der Waals surface area contributed by atoms with Gasteiger partial charge in [0.15, 0.2) is 17.5 Å². The number of hydrogen-bond acceptors (Lipinski definition) is 5. The topological polar surface area (TPSA) is 118 Å². The Hall–Kier alpha value is -4.04. The fourth-order valence-electron chi connectivity index (χ4n) is 3.96. The number of halogens is 1. The first kappa shape index (κ1) is 27.5. The molecule has 0 aromatic heterocycles. The fraction of sp³-hybridized carbons (Fsp3) is 0.250. The summed E-state index contributed by atoms with van der Waals surface area (Å²) in [6.45, 7) is 0.349. The van der Waals surface area contributed by atoms with Gasteiger partial charge in [-0.05, 0) is 47.4 Å². The van der Waals surface area contributed by atoms with Gasteiger partial charge in [-0.3, -0.25) is 19.9 Å². The van der Waals surface area contributed by atoms with Crippen LogP contribution < -0.4 is 20.5 Å². The van der Waals surface area contributed by atoms with Gasteiger partial charge in [0, 0.05) is 18.0 Å². The first-order chi connectivity index (χ1) is 17.8. The number of hydrogen-bond donors (Lipinski definition) is 3. The van der Waals surface area contributed by atoms with Gasteiger partial charge >= 0.3 is 0 Å². The van der Waals surface area contributed by atoms with Crippen LogP contribution in [0.1, 0.15) is 16.7 Å². The van der Waals surface area contributed by atoms with E-state index in [1.54, 1.807) is 30.3 Å². The van der Waals surface area contributed by atoms with Crippen LogP contribution in [0, 0.1) is 5.41 Å². The van der Waals surface area contributed by atoms with Crippen molar-refractivity contribution in [2.45, 2.75) is 25.3 Å². The van der Waals surface area contributed by atoms with Crippen molar-refractivity contribution >= 4 is 29.4 Å². The maximum atomic E-state index is 13.4. The van der Waals surface area contributed by atoms with E-state index in [2.05, 4.69) is 5.32 Å². The number of benzene rings is 3. The smallest absolute Gasteiger partial charge is 0.243 e. The molecule has 0 bridgehead atoms. The van der Waals surface area contributed by atoms with Crippen LogP contribution in [0.3, 0.4) is 0 Å². The largest absolute Gasteiger partial charge is 0.493 e. The van der Waals surface area contributed by atoms with Crippen molar-refractivity contribution in [1.82, 2.24) is 10.2 Å². The summed E-state index contributed by atoms with van der Waals surface area (Å²) >= 11 is 5.95. The lowest BCUT2D eigenvalue weighted by Gasteiger charge is -2.30. The molecule has 3 rings (SSSR count). The van der Waals surface area contributed by atoms with Gasteiger partial charge in [0.05, 0.1) is 20.6 Å². The Morgan fingerprint density at radius 2 is 1.59 bits per heavy atom. The zero-order valence-corrected chi connectivity index (χ0v) is 21.6. The fourth-order valence-corrected chi connectivity index (χ4v) is 4.09. The van der Waals surface area contributed by atoms with Crippen LogP contribution in [0.4, 0.5) is 0 Å². The third kappa shape index (κ3) is 7.72. The number of nitrogens with two attached hydrogens (primary N) is 1. The molecule has 3 aromatic carbocycles. The lowest BCUT2D eigenvalue weighted by atomic mass is 10.0.